The Morgan fingerprint density at radius 3 is 2.50 bits per heavy atom. The van der Waals surface area contributed by atoms with Crippen LogP contribution in [0.1, 0.15) is 5.56 Å². The van der Waals surface area contributed by atoms with Crippen LogP contribution in [0.4, 0.5) is 5.69 Å². The van der Waals surface area contributed by atoms with Crippen molar-refractivity contribution in [2.75, 3.05) is 4.72 Å². The maximum absolute atomic E-state index is 12.3. The van der Waals surface area contributed by atoms with Crippen LogP contribution in [-0.4, -0.2) is 18.2 Å². The summed E-state index contributed by atoms with van der Waals surface area (Å²) in [5, 5.41) is 5.10. The van der Waals surface area contributed by atoms with Gasteiger partial charge in [-0.2, -0.15) is 5.10 Å². The molecule has 0 spiro atoms. The van der Waals surface area contributed by atoms with Gasteiger partial charge >= 0.3 is 0 Å². The van der Waals surface area contributed by atoms with Crippen LogP contribution in [0.2, 0.25) is 10.0 Å². The van der Waals surface area contributed by atoms with Crippen molar-refractivity contribution >= 4 is 38.9 Å². The molecule has 0 aliphatic rings. The number of nitrogens with zero attached hydrogens (tertiary/aromatic N) is 2. The molecule has 3 aromatic rings. The zero-order valence-electron chi connectivity index (χ0n) is 12.4. The number of anilines is 1. The van der Waals surface area contributed by atoms with E-state index in [4.69, 9.17) is 23.2 Å². The first-order valence-electron chi connectivity index (χ1n) is 6.98. The van der Waals surface area contributed by atoms with Gasteiger partial charge in [0.25, 0.3) is 10.0 Å². The van der Waals surface area contributed by atoms with Crippen molar-refractivity contribution in [2.45, 2.75) is 11.4 Å². The van der Waals surface area contributed by atoms with Gasteiger partial charge in [0.15, 0.2) is 0 Å². The summed E-state index contributed by atoms with van der Waals surface area (Å²) in [7, 11) is -3.63. The maximum Gasteiger partial charge on any atom is 0.261 e. The largest absolute Gasteiger partial charge is 0.276 e. The highest BCUT2D eigenvalue weighted by Gasteiger charge is 2.14. The summed E-state index contributed by atoms with van der Waals surface area (Å²) in [6.45, 7) is 0.448. The average molecular weight is 382 g/mol. The number of aromatic nitrogens is 2. The van der Waals surface area contributed by atoms with E-state index in [2.05, 4.69) is 9.82 Å². The average Bonchev–Trinajstić information content (AvgIpc) is 2.98. The summed E-state index contributed by atoms with van der Waals surface area (Å²) in [4.78, 5) is 0.197. The maximum atomic E-state index is 12.3. The number of halogens is 2. The first-order valence-corrected chi connectivity index (χ1v) is 9.22. The minimum absolute atomic E-state index is 0.197. The summed E-state index contributed by atoms with van der Waals surface area (Å²) in [6, 6.07) is 13.5. The topological polar surface area (TPSA) is 64.0 Å². The van der Waals surface area contributed by atoms with Crippen molar-refractivity contribution in [1.82, 2.24) is 9.78 Å². The molecule has 0 amide bonds. The molecule has 0 radical (unpaired) electrons. The number of hydrogen-bond donors (Lipinski definition) is 1. The fraction of sp³-hybridized carbons (Fsp3) is 0.0625. The van der Waals surface area contributed by atoms with Crippen molar-refractivity contribution in [1.29, 1.82) is 0 Å². The first kappa shape index (κ1) is 16.8. The molecular formula is C16H13Cl2N3O2S. The van der Waals surface area contributed by atoms with Crippen LogP contribution in [0, 0.1) is 0 Å². The molecule has 24 heavy (non-hydrogen) atoms. The van der Waals surface area contributed by atoms with Gasteiger partial charge in [0.2, 0.25) is 0 Å². The second kappa shape index (κ2) is 6.84. The Morgan fingerprint density at radius 2 is 1.79 bits per heavy atom. The Labute approximate surface area is 149 Å². The molecule has 0 atom stereocenters. The number of sulfonamides is 1. The van der Waals surface area contributed by atoms with Gasteiger partial charge < -0.3 is 0 Å². The third-order valence-electron chi connectivity index (χ3n) is 3.27. The van der Waals surface area contributed by atoms with E-state index in [0.717, 1.165) is 5.56 Å². The van der Waals surface area contributed by atoms with Crippen molar-refractivity contribution in [3.63, 3.8) is 0 Å². The van der Waals surface area contributed by atoms with Crippen LogP contribution in [0.3, 0.4) is 0 Å². The molecule has 0 saturated heterocycles. The predicted molar refractivity (Wildman–Crippen MR) is 95.0 cm³/mol. The van der Waals surface area contributed by atoms with Gasteiger partial charge in [0, 0.05) is 6.20 Å². The van der Waals surface area contributed by atoms with E-state index < -0.39 is 10.0 Å². The Balaban J connectivity index is 1.75. The molecule has 124 valence electrons. The first-order chi connectivity index (χ1) is 11.4. The van der Waals surface area contributed by atoms with Crippen molar-refractivity contribution in [3.8, 4) is 0 Å². The summed E-state index contributed by atoms with van der Waals surface area (Å²) >= 11 is 11.9. The zero-order chi connectivity index (χ0) is 17.2. The van der Waals surface area contributed by atoms with Gasteiger partial charge in [-0.25, -0.2) is 8.42 Å². The molecule has 8 heteroatoms. The molecule has 0 aliphatic carbocycles. The monoisotopic (exact) mass is 381 g/mol. The molecule has 0 bridgehead atoms. The lowest BCUT2D eigenvalue weighted by atomic mass is 10.2. The molecule has 0 unspecified atom stereocenters. The van der Waals surface area contributed by atoms with Gasteiger partial charge in [-0.1, -0.05) is 47.5 Å². The van der Waals surface area contributed by atoms with Gasteiger partial charge in [-0.15, -0.1) is 0 Å². The number of hydrogen-bond acceptors (Lipinski definition) is 3. The summed E-state index contributed by atoms with van der Waals surface area (Å²) in [6.07, 6.45) is 3.07. The van der Waals surface area contributed by atoms with Crippen molar-refractivity contribution in [2.24, 2.45) is 0 Å². The van der Waals surface area contributed by atoms with E-state index in [-0.39, 0.29) is 4.90 Å². The molecule has 1 N–H and O–H groups in total. The van der Waals surface area contributed by atoms with Crippen molar-refractivity contribution < 1.29 is 8.42 Å². The number of rotatable bonds is 5. The number of nitrogens with one attached hydrogen (secondary N) is 1. The molecule has 1 aromatic heterocycles. The lowest BCUT2D eigenvalue weighted by molar-refractivity contribution is 0.601. The predicted octanol–water partition coefficient (Wildman–Crippen LogP) is 4.04. The minimum Gasteiger partial charge on any atom is -0.276 e. The lowest BCUT2D eigenvalue weighted by Crippen LogP contribution is -2.12. The summed E-state index contributed by atoms with van der Waals surface area (Å²) < 4.78 is 28.7. The highest BCUT2D eigenvalue weighted by molar-refractivity contribution is 7.92. The smallest absolute Gasteiger partial charge is 0.261 e. The van der Waals surface area contributed by atoms with Gasteiger partial charge in [0.1, 0.15) is 0 Å². The van der Waals surface area contributed by atoms with Crippen LogP contribution in [0.15, 0.2) is 65.8 Å². The SMILES string of the molecule is O=S(=O)(Nc1cnn(Cc2ccc(Cl)c(Cl)c2)c1)c1ccccc1. The second-order valence-electron chi connectivity index (χ2n) is 5.09. The van der Waals surface area contributed by atoms with Crippen molar-refractivity contribution in [3.05, 3.63) is 76.5 Å². The third kappa shape index (κ3) is 3.90. The highest BCUT2D eigenvalue weighted by Crippen LogP contribution is 2.23. The second-order valence-corrected chi connectivity index (χ2v) is 7.59. The molecule has 0 fully saturated rings. The van der Waals surface area contributed by atoms with Crippen LogP contribution in [0.5, 0.6) is 0 Å². The van der Waals surface area contributed by atoms with E-state index in [1.165, 1.54) is 18.3 Å². The Morgan fingerprint density at radius 1 is 1.04 bits per heavy atom. The number of benzene rings is 2. The van der Waals surface area contributed by atoms with Crippen LogP contribution in [-0.2, 0) is 16.6 Å². The fourth-order valence-corrected chi connectivity index (χ4v) is 3.51. The normalized spacial score (nSPS) is 11.4. The molecule has 5 nitrogen and oxygen atoms in total. The summed E-state index contributed by atoms with van der Waals surface area (Å²) in [5.41, 5.74) is 1.30. The lowest BCUT2D eigenvalue weighted by Gasteiger charge is -2.05. The molecule has 0 saturated carbocycles. The van der Waals surface area contributed by atoms with Gasteiger partial charge in [-0.3, -0.25) is 9.40 Å². The molecule has 3 rings (SSSR count). The van der Waals surface area contributed by atoms with E-state index in [1.54, 1.807) is 41.2 Å². The quantitative estimate of drug-likeness (QED) is 0.725. The Kier molecular flexibility index (Phi) is 4.80. The van der Waals surface area contributed by atoms with E-state index >= 15 is 0 Å². The van der Waals surface area contributed by atoms with E-state index in [9.17, 15) is 8.42 Å². The zero-order valence-corrected chi connectivity index (χ0v) is 14.7. The molecular weight excluding hydrogens is 369 g/mol. The van der Waals surface area contributed by atoms with Crippen LogP contribution < -0.4 is 4.72 Å². The molecule has 1 heterocycles. The van der Waals surface area contributed by atoms with Crippen LogP contribution >= 0.6 is 23.2 Å². The Hall–Kier alpha value is -2.02. The van der Waals surface area contributed by atoms with E-state index in [1.807, 2.05) is 6.07 Å². The van der Waals surface area contributed by atoms with Crippen LogP contribution in [0.25, 0.3) is 0 Å². The van der Waals surface area contributed by atoms with Gasteiger partial charge in [-0.05, 0) is 29.8 Å². The standard InChI is InChI=1S/C16H13Cl2N3O2S/c17-15-7-6-12(8-16(15)18)10-21-11-13(9-19-21)20-24(22,23)14-4-2-1-3-5-14/h1-9,11,20H,10H2. The highest BCUT2D eigenvalue weighted by atomic mass is 35.5. The summed E-state index contributed by atoms with van der Waals surface area (Å²) in [5.74, 6) is 0. The van der Waals surface area contributed by atoms with Gasteiger partial charge in [0.05, 0.1) is 33.4 Å². The molecule has 0 aliphatic heterocycles. The third-order valence-corrected chi connectivity index (χ3v) is 5.40. The molecule has 2 aromatic carbocycles. The van der Waals surface area contributed by atoms with E-state index in [0.29, 0.717) is 22.3 Å². The fourth-order valence-electron chi connectivity index (χ4n) is 2.14. The minimum atomic E-state index is -3.63. The Bertz CT molecular complexity index is 956.